The minimum atomic E-state index is -0.794. The molecule has 0 saturated carbocycles. The van der Waals surface area contributed by atoms with Crippen LogP contribution in [0.4, 0.5) is 0 Å². The number of rotatable bonds is 44. The highest BCUT2D eigenvalue weighted by atomic mass is 15.2. The second kappa shape index (κ2) is 57.8. The summed E-state index contributed by atoms with van der Waals surface area (Å²) >= 11 is 0. The van der Waals surface area contributed by atoms with Crippen LogP contribution in [0, 0.1) is 136 Å². The molecule has 0 fully saturated rings. The first-order chi connectivity index (χ1) is 48.9. The van der Waals surface area contributed by atoms with Crippen LogP contribution in [0.1, 0.15) is 372 Å². The molecule has 8 atom stereocenters. The lowest BCUT2D eigenvalue weighted by atomic mass is 9.95. The Kier molecular flexibility index (Phi) is 59.2. The lowest BCUT2D eigenvalue weighted by molar-refractivity contribution is 0.415. The Balaban J connectivity index is -0.000000278. The van der Waals surface area contributed by atoms with E-state index in [2.05, 4.69) is 162 Å². The molecule has 0 bridgehead atoms. The maximum atomic E-state index is 9.28. The van der Waals surface area contributed by atoms with Gasteiger partial charge in [-0.3, -0.25) is 0 Å². The zero-order valence-corrected chi connectivity index (χ0v) is 69.4. The first-order valence-electron chi connectivity index (χ1n) is 38.5. The summed E-state index contributed by atoms with van der Waals surface area (Å²) in [4.78, 5) is 0. The highest BCUT2D eigenvalue weighted by Crippen LogP contribution is 2.31. The third kappa shape index (κ3) is 44.9. The molecule has 0 spiro atoms. The molecular formula is C80H136N24. The molecule has 0 aromatic carbocycles. The Morgan fingerprint density at radius 2 is 0.288 bits per heavy atom. The van der Waals surface area contributed by atoms with E-state index in [4.69, 9.17) is 36.8 Å². The van der Waals surface area contributed by atoms with Crippen molar-refractivity contribution >= 4 is 0 Å². The fourth-order valence-electron chi connectivity index (χ4n) is 9.40. The van der Waals surface area contributed by atoms with Crippen LogP contribution in [-0.2, 0) is 0 Å². The van der Waals surface area contributed by atoms with Crippen LogP contribution in [-0.4, -0.2) is 66.5 Å². The average Bonchev–Trinajstić information content (AvgIpc) is 0.858. The maximum absolute atomic E-state index is 9.28. The summed E-state index contributed by atoms with van der Waals surface area (Å²) in [5.74, 6) is 0. The van der Waals surface area contributed by atoms with Gasteiger partial charge in [0.25, 0.3) is 0 Å². The summed E-state index contributed by atoms with van der Waals surface area (Å²) in [5.41, 5.74) is -9.37. The van der Waals surface area contributed by atoms with Gasteiger partial charge >= 0.3 is 0 Å². The van der Waals surface area contributed by atoms with E-state index < -0.39 is 66.5 Å². The third-order valence-corrected chi connectivity index (χ3v) is 18.3. The molecule has 0 aromatic rings. The molecular weight excluding hydrogens is 1300 g/mol. The van der Waals surface area contributed by atoms with E-state index >= 15 is 0 Å². The molecule has 0 aliphatic heterocycles. The molecule has 104 heavy (non-hydrogen) atoms. The standard InChI is InChI=1S/C16H28N4.2C14H24N4.3C12H20N4/c1-5-7-9-11-15(3,13-17)19-20-16(4,14-18)12-10-8-6-2;1-5-7-8-10-14(4,12-16)18-17-13(3,11-15)9-6-2;1-5-8-9-10-13(4,11-15)17-18-14(6-2,7-3)12-16;1-5-7-11(3,9-13)15-16-12(4,10-14)8-6-2;1-5-8-11(4,9-13)15-16-12(6-2,7-3)10-14;1-5-11(6-2,9-13)15-16-12(7-3,8-4)10-14/h5-12H2,1-4H3;2*5-10H2,1-4H3;3*5-8H2,1-4H3. The summed E-state index contributed by atoms with van der Waals surface area (Å²) in [6, 6.07) is 26.3. The van der Waals surface area contributed by atoms with Crippen molar-refractivity contribution in [2.24, 2.45) is 61.4 Å². The first kappa shape index (κ1) is 106. The minimum Gasteiger partial charge on any atom is -0.196 e. The van der Waals surface area contributed by atoms with Crippen LogP contribution in [0.5, 0.6) is 0 Å². The van der Waals surface area contributed by atoms with Gasteiger partial charge in [0.05, 0.1) is 72.8 Å². The number of hydrogen-bond acceptors (Lipinski definition) is 24. The molecule has 24 nitrogen and oxygen atoms in total. The van der Waals surface area contributed by atoms with Crippen molar-refractivity contribution in [2.75, 3.05) is 0 Å². The Labute approximate surface area is 632 Å². The fourth-order valence-corrected chi connectivity index (χ4v) is 9.40. The van der Waals surface area contributed by atoms with E-state index in [-0.39, 0.29) is 0 Å². The van der Waals surface area contributed by atoms with Gasteiger partial charge in [0.1, 0.15) is 0 Å². The molecule has 0 rings (SSSR count). The molecule has 0 aliphatic carbocycles. The van der Waals surface area contributed by atoms with E-state index in [0.717, 1.165) is 103 Å². The molecule has 24 heteroatoms. The van der Waals surface area contributed by atoms with Gasteiger partial charge < -0.3 is 0 Å². The van der Waals surface area contributed by atoms with Crippen LogP contribution in [0.3, 0.4) is 0 Å². The van der Waals surface area contributed by atoms with Crippen molar-refractivity contribution in [1.29, 1.82) is 63.1 Å². The highest BCUT2D eigenvalue weighted by Gasteiger charge is 2.34. The summed E-state index contributed by atoms with van der Waals surface area (Å²) in [7, 11) is 0. The SMILES string of the molecule is CCC(C#N)(CC)N=NC(C#N)(CC)CC.CCCC(C)(C#N)N=NC(C#N)(CC)CC.CCCC(C)(C#N)N=NC(C)(C#N)CCC.CCCCCC(C)(C#N)N=NC(C#N)(CC)CC.CCCCCC(C)(C#N)N=NC(C)(C#N)CCC.CCCCCC(C)(C#N)N=NC(C)(C#N)CCCCC. The molecule has 0 aliphatic rings. The van der Waals surface area contributed by atoms with E-state index in [1.807, 2.05) is 83.1 Å². The van der Waals surface area contributed by atoms with E-state index in [1.54, 1.807) is 55.4 Å². The van der Waals surface area contributed by atoms with E-state index in [0.29, 0.717) is 103 Å². The molecule has 0 saturated heterocycles. The third-order valence-electron chi connectivity index (χ3n) is 18.3. The van der Waals surface area contributed by atoms with Crippen molar-refractivity contribution in [3.8, 4) is 72.8 Å². The topological polar surface area (TPSA) is 434 Å². The van der Waals surface area contributed by atoms with Gasteiger partial charge in [-0.25, -0.2) is 0 Å². The fraction of sp³-hybridized carbons (Fsp3) is 0.850. The summed E-state index contributed by atoms with van der Waals surface area (Å²) in [5, 5.41) is 159. The van der Waals surface area contributed by atoms with Crippen molar-refractivity contribution in [3.05, 3.63) is 0 Å². The van der Waals surface area contributed by atoms with Gasteiger partial charge in [-0.1, -0.05) is 188 Å². The zero-order valence-electron chi connectivity index (χ0n) is 69.4. The van der Waals surface area contributed by atoms with Gasteiger partial charge in [-0.2, -0.15) is 125 Å². The lowest BCUT2D eigenvalue weighted by Crippen LogP contribution is -2.26. The second-order valence-electron chi connectivity index (χ2n) is 28.5. The van der Waals surface area contributed by atoms with E-state index in [9.17, 15) is 26.3 Å². The first-order valence-corrected chi connectivity index (χ1v) is 38.5. The number of unbranched alkanes of at least 4 members (excludes halogenated alkanes) is 8. The molecule has 0 radical (unpaired) electrons. The quantitative estimate of drug-likeness (QED) is 0.0406. The van der Waals surface area contributed by atoms with Gasteiger partial charge in [0.15, 0.2) is 66.5 Å². The largest absolute Gasteiger partial charge is 0.196 e. The monoisotopic (exact) mass is 1430 g/mol. The van der Waals surface area contributed by atoms with Gasteiger partial charge in [-0.05, 0) is 184 Å². The van der Waals surface area contributed by atoms with Crippen molar-refractivity contribution in [2.45, 2.75) is 438 Å². The van der Waals surface area contributed by atoms with Crippen LogP contribution in [0.2, 0.25) is 0 Å². The molecule has 576 valence electrons. The Bertz CT molecular complexity index is 2990. The predicted molar refractivity (Wildman–Crippen MR) is 413 cm³/mol. The second-order valence-corrected chi connectivity index (χ2v) is 28.5. The smallest absolute Gasteiger partial charge is 0.167 e. The summed E-state index contributed by atoms with van der Waals surface area (Å²) in [6.07, 6.45) is 26.7. The highest BCUT2D eigenvalue weighted by molar-refractivity contribution is 5.13. The normalized spacial score (nSPS) is 16.0. The van der Waals surface area contributed by atoms with Gasteiger partial charge in [-0.15, -0.1) is 0 Å². The molecule has 0 amide bonds. The number of nitriles is 12. The Morgan fingerprint density at radius 1 is 0.163 bits per heavy atom. The van der Waals surface area contributed by atoms with Crippen LogP contribution in [0.25, 0.3) is 0 Å². The predicted octanol–water partition coefficient (Wildman–Crippen LogP) is 24.7. The average molecular weight is 1430 g/mol. The number of hydrogen-bond donors (Lipinski definition) is 0. The van der Waals surface area contributed by atoms with Crippen molar-refractivity contribution in [1.82, 2.24) is 0 Å². The molecule has 0 aromatic heterocycles. The van der Waals surface area contributed by atoms with Crippen molar-refractivity contribution in [3.63, 3.8) is 0 Å². The minimum absolute atomic E-state index is 0.622. The molecule has 0 N–H and O–H groups in total. The van der Waals surface area contributed by atoms with E-state index in [1.165, 1.54) is 0 Å². The van der Waals surface area contributed by atoms with Crippen molar-refractivity contribution < 1.29 is 0 Å². The Morgan fingerprint density at radius 3 is 0.394 bits per heavy atom. The lowest BCUT2D eigenvalue weighted by Gasteiger charge is -2.21. The zero-order chi connectivity index (χ0) is 81.6. The Hall–Kier alpha value is -8.52. The van der Waals surface area contributed by atoms with Crippen LogP contribution in [0.15, 0.2) is 61.4 Å². The number of azo groups is 6. The molecule has 8 unspecified atom stereocenters. The van der Waals surface area contributed by atoms with Crippen LogP contribution < -0.4 is 0 Å². The summed E-state index contributed by atoms with van der Waals surface area (Å²) < 4.78 is 0. The maximum Gasteiger partial charge on any atom is 0.167 e. The van der Waals surface area contributed by atoms with Gasteiger partial charge in [0.2, 0.25) is 0 Å². The molecule has 0 heterocycles. The number of nitrogens with zero attached hydrogens (tertiary/aromatic N) is 24. The van der Waals surface area contributed by atoms with Gasteiger partial charge in [0, 0.05) is 0 Å². The van der Waals surface area contributed by atoms with Crippen LogP contribution >= 0.6 is 0 Å². The summed E-state index contributed by atoms with van der Waals surface area (Å²) in [6.45, 7) is 46.1.